The van der Waals surface area contributed by atoms with Crippen LogP contribution in [0, 0.1) is 17.0 Å². The highest BCUT2D eigenvalue weighted by Crippen LogP contribution is 2.27. The third-order valence-corrected chi connectivity index (χ3v) is 6.94. The normalized spacial score (nSPS) is 11.7. The molecule has 0 radical (unpaired) electrons. The van der Waals surface area contributed by atoms with Crippen molar-refractivity contribution < 1.29 is 31.3 Å². The number of nitro benzene ring substituents is 1. The zero-order valence-corrected chi connectivity index (χ0v) is 18.5. The van der Waals surface area contributed by atoms with Crippen LogP contribution in [0.15, 0.2) is 46.2 Å². The molecule has 2 aromatic rings. The highest BCUT2D eigenvalue weighted by Gasteiger charge is 2.20. The van der Waals surface area contributed by atoms with Gasteiger partial charge in [0.25, 0.3) is 5.69 Å². The first-order chi connectivity index (χ1) is 14.4. The number of ether oxygens (including phenoxy) is 1. The van der Waals surface area contributed by atoms with Crippen LogP contribution in [-0.2, 0) is 24.6 Å². The summed E-state index contributed by atoms with van der Waals surface area (Å²) in [6, 6.07) is 7.42. The topological polar surface area (TPSA) is 162 Å². The molecule has 0 saturated heterocycles. The number of anilines is 1. The fourth-order valence-electron chi connectivity index (χ4n) is 2.70. The molecule has 0 atom stereocenters. The second kappa shape index (κ2) is 9.41. The summed E-state index contributed by atoms with van der Waals surface area (Å²) in [7, 11) is -6.30. The lowest BCUT2D eigenvalue weighted by Crippen LogP contribution is -2.29. The number of methoxy groups -OCH3 is 1. The van der Waals surface area contributed by atoms with Crippen LogP contribution in [0.4, 0.5) is 11.4 Å². The smallest absolute Gasteiger partial charge is 0.337 e. The third-order valence-electron chi connectivity index (χ3n) is 4.21. The Kier molecular flexibility index (Phi) is 7.36. The van der Waals surface area contributed by atoms with Crippen molar-refractivity contribution in [1.82, 2.24) is 4.72 Å². The maximum absolute atomic E-state index is 12.5. The standard InChI is InChI=1S/C18H21N3O8S2/c1-12-10-13(18(22)29-2)4-7-17(12)31(27,28)20-9-8-19-15-6-5-14(30(3,25)26)11-16(15)21(23)24/h4-7,10-11,19-20H,8-9H2,1-3H3. The van der Waals surface area contributed by atoms with Crippen LogP contribution in [0.5, 0.6) is 0 Å². The van der Waals surface area contributed by atoms with Gasteiger partial charge in [0.15, 0.2) is 9.84 Å². The number of sulfonamides is 1. The van der Waals surface area contributed by atoms with E-state index in [2.05, 4.69) is 14.8 Å². The van der Waals surface area contributed by atoms with Crippen molar-refractivity contribution in [2.45, 2.75) is 16.7 Å². The van der Waals surface area contributed by atoms with E-state index in [1.807, 2.05) is 0 Å². The Morgan fingerprint density at radius 2 is 1.77 bits per heavy atom. The van der Waals surface area contributed by atoms with E-state index in [0.29, 0.717) is 5.56 Å². The van der Waals surface area contributed by atoms with Crippen molar-refractivity contribution in [1.29, 1.82) is 0 Å². The minimum absolute atomic E-state index is 0.00240. The SMILES string of the molecule is COC(=O)c1ccc(S(=O)(=O)NCCNc2ccc(S(C)(=O)=O)cc2[N+](=O)[O-])c(C)c1. The van der Waals surface area contributed by atoms with Crippen LogP contribution in [0.3, 0.4) is 0 Å². The van der Waals surface area contributed by atoms with Gasteiger partial charge in [-0.1, -0.05) is 0 Å². The monoisotopic (exact) mass is 471 g/mol. The number of hydrogen-bond donors (Lipinski definition) is 2. The number of hydrogen-bond acceptors (Lipinski definition) is 9. The minimum Gasteiger partial charge on any atom is -0.465 e. The summed E-state index contributed by atoms with van der Waals surface area (Å²) >= 11 is 0. The van der Waals surface area contributed by atoms with Crippen molar-refractivity contribution in [3.63, 3.8) is 0 Å². The molecule has 0 heterocycles. The molecule has 0 saturated carbocycles. The molecule has 168 valence electrons. The summed E-state index contributed by atoms with van der Waals surface area (Å²) in [6.45, 7) is 1.43. The first-order valence-electron chi connectivity index (χ1n) is 8.78. The summed E-state index contributed by atoms with van der Waals surface area (Å²) in [5.74, 6) is -0.590. The summed E-state index contributed by atoms with van der Waals surface area (Å²) in [4.78, 5) is 21.8. The van der Waals surface area contributed by atoms with Crippen LogP contribution in [-0.4, -0.2) is 54.2 Å². The van der Waals surface area contributed by atoms with Crippen molar-refractivity contribution in [3.05, 3.63) is 57.6 Å². The van der Waals surface area contributed by atoms with Gasteiger partial charge in [-0.15, -0.1) is 0 Å². The van der Waals surface area contributed by atoms with Crippen LogP contribution >= 0.6 is 0 Å². The lowest BCUT2D eigenvalue weighted by Gasteiger charge is -2.12. The van der Waals surface area contributed by atoms with Gasteiger partial charge >= 0.3 is 5.97 Å². The van der Waals surface area contributed by atoms with E-state index in [1.165, 1.54) is 44.4 Å². The van der Waals surface area contributed by atoms with Gasteiger partial charge in [-0.3, -0.25) is 10.1 Å². The number of carbonyl (C=O) groups is 1. The van der Waals surface area contributed by atoms with Crippen LogP contribution in [0.2, 0.25) is 0 Å². The van der Waals surface area contributed by atoms with Crippen LogP contribution in [0.1, 0.15) is 15.9 Å². The number of rotatable bonds is 9. The first kappa shape index (κ1) is 24.2. The fourth-order valence-corrected chi connectivity index (χ4v) is 4.60. The number of sulfone groups is 1. The Bertz CT molecular complexity index is 1220. The number of esters is 1. The van der Waals surface area contributed by atoms with E-state index < -0.39 is 36.4 Å². The Morgan fingerprint density at radius 3 is 2.32 bits per heavy atom. The van der Waals surface area contributed by atoms with E-state index in [1.54, 1.807) is 0 Å². The number of aryl methyl sites for hydroxylation is 1. The average Bonchev–Trinajstić information content (AvgIpc) is 2.69. The lowest BCUT2D eigenvalue weighted by molar-refractivity contribution is -0.384. The van der Waals surface area contributed by atoms with E-state index in [0.717, 1.165) is 12.3 Å². The molecule has 0 spiro atoms. The molecule has 0 aliphatic carbocycles. The van der Waals surface area contributed by atoms with Gasteiger partial charge in [0, 0.05) is 25.4 Å². The molecule has 0 aliphatic heterocycles. The fraction of sp³-hybridized carbons (Fsp3) is 0.278. The highest BCUT2D eigenvalue weighted by atomic mass is 32.2. The van der Waals surface area contributed by atoms with Gasteiger partial charge in [-0.05, 0) is 42.8 Å². The van der Waals surface area contributed by atoms with Crippen LogP contribution in [0.25, 0.3) is 0 Å². The molecule has 31 heavy (non-hydrogen) atoms. The number of benzene rings is 2. The zero-order chi connectivity index (χ0) is 23.4. The number of nitrogens with one attached hydrogen (secondary N) is 2. The van der Waals surface area contributed by atoms with Gasteiger partial charge in [-0.2, -0.15) is 0 Å². The summed E-state index contributed by atoms with van der Waals surface area (Å²) in [6.07, 6.45) is 0.938. The van der Waals surface area contributed by atoms with Crippen molar-refractivity contribution in [3.8, 4) is 0 Å². The van der Waals surface area contributed by atoms with E-state index >= 15 is 0 Å². The second-order valence-corrected chi connectivity index (χ2v) is 10.3. The largest absolute Gasteiger partial charge is 0.465 e. The molecule has 2 aromatic carbocycles. The Hall–Kier alpha value is -3.03. The number of carbonyl (C=O) groups excluding carboxylic acids is 1. The number of nitrogens with zero attached hydrogens (tertiary/aromatic N) is 1. The van der Waals surface area contributed by atoms with Gasteiger partial charge in [0.2, 0.25) is 10.0 Å². The molecule has 11 nitrogen and oxygen atoms in total. The second-order valence-electron chi connectivity index (χ2n) is 6.50. The van der Waals surface area contributed by atoms with Crippen molar-refractivity contribution in [2.75, 3.05) is 31.8 Å². The van der Waals surface area contributed by atoms with E-state index in [4.69, 9.17) is 0 Å². The quantitative estimate of drug-likeness (QED) is 0.239. The predicted octanol–water partition coefficient (Wildman–Crippen LogP) is 1.48. The maximum Gasteiger partial charge on any atom is 0.337 e. The molecule has 0 bridgehead atoms. The van der Waals surface area contributed by atoms with Crippen molar-refractivity contribution in [2.24, 2.45) is 0 Å². The molecule has 0 amide bonds. The summed E-state index contributed by atoms with van der Waals surface area (Å²) in [5.41, 5.74) is 0.163. The molecular weight excluding hydrogens is 450 g/mol. The van der Waals surface area contributed by atoms with Crippen molar-refractivity contribution >= 4 is 37.2 Å². The predicted molar refractivity (Wildman–Crippen MR) is 112 cm³/mol. The van der Waals surface area contributed by atoms with Gasteiger partial charge in [0.05, 0.1) is 27.4 Å². The minimum atomic E-state index is -3.90. The average molecular weight is 472 g/mol. The van der Waals surface area contributed by atoms with Crippen LogP contribution < -0.4 is 10.0 Å². The van der Waals surface area contributed by atoms with Gasteiger partial charge in [0.1, 0.15) is 5.69 Å². The van der Waals surface area contributed by atoms with Gasteiger partial charge in [-0.25, -0.2) is 26.4 Å². The molecule has 2 N–H and O–H groups in total. The first-order valence-corrected chi connectivity index (χ1v) is 12.2. The zero-order valence-electron chi connectivity index (χ0n) is 16.9. The molecular formula is C18H21N3O8S2. The molecule has 0 aromatic heterocycles. The molecule has 0 fully saturated rings. The highest BCUT2D eigenvalue weighted by molar-refractivity contribution is 7.90. The maximum atomic E-state index is 12.5. The third kappa shape index (κ3) is 5.99. The lowest BCUT2D eigenvalue weighted by atomic mass is 10.1. The summed E-state index contributed by atoms with van der Waals surface area (Å²) < 4.78 is 55.2. The van der Waals surface area contributed by atoms with E-state index in [9.17, 15) is 31.7 Å². The Balaban J connectivity index is 2.09. The molecule has 0 aliphatic rings. The molecule has 2 rings (SSSR count). The number of nitro groups is 1. The Morgan fingerprint density at radius 1 is 1.10 bits per heavy atom. The summed E-state index contributed by atoms with van der Waals surface area (Å²) in [5, 5.41) is 14.0. The Labute approximate surface area is 179 Å². The van der Waals surface area contributed by atoms with E-state index in [-0.39, 0.29) is 34.1 Å². The van der Waals surface area contributed by atoms with Gasteiger partial charge < -0.3 is 10.1 Å². The molecule has 0 unspecified atom stereocenters. The molecule has 13 heteroatoms.